The molecule has 1 aliphatic heterocycles. The summed E-state index contributed by atoms with van der Waals surface area (Å²) < 4.78 is 0. The minimum absolute atomic E-state index is 0.0298. The second-order valence-corrected chi connectivity index (χ2v) is 5.55. The largest absolute Gasteiger partial charge is 0.394 e. The fraction of sp³-hybridized carbons (Fsp3) is 0.625. The third-order valence-electron chi connectivity index (χ3n) is 4.23. The number of nitrogens with zero attached hydrogens (tertiary/aromatic N) is 1. The molecule has 0 aromatic heterocycles. The van der Waals surface area contributed by atoms with Gasteiger partial charge in [0, 0.05) is 12.1 Å². The summed E-state index contributed by atoms with van der Waals surface area (Å²) in [6.45, 7) is 6.59. The van der Waals surface area contributed by atoms with E-state index in [9.17, 15) is 5.11 Å². The van der Waals surface area contributed by atoms with Crippen LogP contribution in [0.15, 0.2) is 30.3 Å². The Morgan fingerprint density at radius 3 is 2.47 bits per heavy atom. The van der Waals surface area contributed by atoms with Gasteiger partial charge in [-0.25, -0.2) is 0 Å². The average molecular weight is 262 g/mol. The van der Waals surface area contributed by atoms with Crippen LogP contribution in [0.3, 0.4) is 0 Å². The molecule has 0 amide bonds. The molecule has 0 atom stereocenters. The van der Waals surface area contributed by atoms with Crippen LogP contribution in [0, 0.1) is 0 Å². The van der Waals surface area contributed by atoms with E-state index in [4.69, 9.17) is 0 Å². The van der Waals surface area contributed by atoms with Gasteiger partial charge in [-0.3, -0.25) is 0 Å². The van der Waals surface area contributed by atoms with Gasteiger partial charge in [-0.2, -0.15) is 0 Å². The zero-order valence-corrected chi connectivity index (χ0v) is 11.9. The van der Waals surface area contributed by atoms with Gasteiger partial charge in [-0.15, -0.1) is 0 Å². The zero-order chi connectivity index (χ0) is 13.6. The van der Waals surface area contributed by atoms with Crippen LogP contribution in [-0.2, 0) is 6.42 Å². The summed E-state index contributed by atoms with van der Waals surface area (Å²) in [6, 6.07) is 10.7. The highest BCUT2D eigenvalue weighted by Gasteiger charge is 2.32. The van der Waals surface area contributed by atoms with E-state index < -0.39 is 0 Å². The van der Waals surface area contributed by atoms with Gasteiger partial charge in [0.1, 0.15) is 0 Å². The predicted molar refractivity (Wildman–Crippen MR) is 79.3 cm³/mol. The van der Waals surface area contributed by atoms with E-state index in [0.717, 1.165) is 45.4 Å². The Balaban J connectivity index is 1.77. The Bertz CT molecular complexity index is 358. The number of aliphatic hydroxyl groups is 1. The van der Waals surface area contributed by atoms with Crippen LogP contribution in [0.5, 0.6) is 0 Å². The van der Waals surface area contributed by atoms with Crippen LogP contribution in [-0.4, -0.2) is 48.3 Å². The fourth-order valence-electron chi connectivity index (χ4n) is 2.90. The standard InChI is InChI=1S/C16H26N2O/c1-2-17-16(14-19)9-12-18(13-10-16)11-8-15-6-4-3-5-7-15/h3-7,17,19H,2,8-14H2,1H3. The van der Waals surface area contributed by atoms with E-state index in [-0.39, 0.29) is 12.1 Å². The monoisotopic (exact) mass is 262 g/mol. The Morgan fingerprint density at radius 1 is 1.21 bits per heavy atom. The number of likely N-dealkylation sites (N-methyl/N-ethyl adjacent to an activating group) is 1. The lowest BCUT2D eigenvalue weighted by molar-refractivity contribution is 0.0806. The van der Waals surface area contributed by atoms with E-state index in [2.05, 4.69) is 47.5 Å². The first-order chi connectivity index (χ1) is 9.28. The van der Waals surface area contributed by atoms with Crippen molar-refractivity contribution in [1.82, 2.24) is 10.2 Å². The summed E-state index contributed by atoms with van der Waals surface area (Å²) in [5.41, 5.74) is 1.38. The highest BCUT2D eigenvalue weighted by atomic mass is 16.3. The summed E-state index contributed by atoms with van der Waals surface area (Å²) >= 11 is 0. The Labute approximate surface area is 116 Å². The molecule has 19 heavy (non-hydrogen) atoms. The Morgan fingerprint density at radius 2 is 1.89 bits per heavy atom. The van der Waals surface area contributed by atoms with Crippen LogP contribution >= 0.6 is 0 Å². The maximum Gasteiger partial charge on any atom is 0.0614 e. The van der Waals surface area contributed by atoms with Crippen LogP contribution < -0.4 is 5.32 Å². The molecule has 0 radical (unpaired) electrons. The molecule has 1 fully saturated rings. The third kappa shape index (κ3) is 4.03. The summed E-state index contributed by atoms with van der Waals surface area (Å²) in [5.74, 6) is 0. The molecule has 1 aromatic carbocycles. The normalized spacial score (nSPS) is 19.5. The molecule has 3 heteroatoms. The number of nitrogens with one attached hydrogen (secondary N) is 1. The highest BCUT2D eigenvalue weighted by Crippen LogP contribution is 2.21. The molecule has 3 nitrogen and oxygen atoms in total. The maximum atomic E-state index is 9.59. The average Bonchev–Trinajstić information content (AvgIpc) is 2.48. The van der Waals surface area contributed by atoms with Gasteiger partial charge in [0.15, 0.2) is 0 Å². The summed E-state index contributed by atoms with van der Waals surface area (Å²) in [7, 11) is 0. The van der Waals surface area contributed by atoms with Crippen LogP contribution in [0.4, 0.5) is 0 Å². The Hall–Kier alpha value is -0.900. The molecule has 0 spiro atoms. The lowest BCUT2D eigenvalue weighted by Crippen LogP contribution is -2.55. The molecule has 106 valence electrons. The second-order valence-electron chi connectivity index (χ2n) is 5.55. The van der Waals surface area contributed by atoms with E-state index in [1.54, 1.807) is 0 Å². The molecule has 0 bridgehead atoms. The van der Waals surface area contributed by atoms with Crippen molar-refractivity contribution < 1.29 is 5.11 Å². The molecule has 2 N–H and O–H groups in total. The summed E-state index contributed by atoms with van der Waals surface area (Å²) in [6.07, 6.45) is 3.21. The predicted octanol–water partition coefficient (Wildman–Crippen LogP) is 1.67. The molecular formula is C16H26N2O. The van der Waals surface area contributed by atoms with Crippen LogP contribution in [0.1, 0.15) is 25.3 Å². The first kappa shape index (κ1) is 14.5. The van der Waals surface area contributed by atoms with Gasteiger partial charge < -0.3 is 15.3 Å². The van der Waals surface area contributed by atoms with Gasteiger partial charge in [0.2, 0.25) is 0 Å². The van der Waals surface area contributed by atoms with Crippen molar-refractivity contribution in [2.45, 2.75) is 31.7 Å². The molecule has 1 aliphatic rings. The number of hydrogen-bond donors (Lipinski definition) is 2. The van der Waals surface area contributed by atoms with Crippen molar-refractivity contribution in [2.75, 3.05) is 32.8 Å². The van der Waals surface area contributed by atoms with Crippen molar-refractivity contribution in [1.29, 1.82) is 0 Å². The maximum absolute atomic E-state index is 9.59. The SMILES string of the molecule is CCNC1(CO)CCN(CCc2ccccc2)CC1. The number of likely N-dealkylation sites (tertiary alicyclic amines) is 1. The molecule has 0 saturated carbocycles. The van der Waals surface area contributed by atoms with Gasteiger partial charge >= 0.3 is 0 Å². The topological polar surface area (TPSA) is 35.5 Å². The molecule has 2 rings (SSSR count). The van der Waals surface area contributed by atoms with Crippen molar-refractivity contribution in [2.24, 2.45) is 0 Å². The molecule has 0 unspecified atom stereocenters. The van der Waals surface area contributed by atoms with Gasteiger partial charge in [-0.1, -0.05) is 37.3 Å². The van der Waals surface area contributed by atoms with Crippen LogP contribution in [0.25, 0.3) is 0 Å². The number of piperidine rings is 1. The molecule has 1 heterocycles. The highest BCUT2D eigenvalue weighted by molar-refractivity contribution is 5.14. The van der Waals surface area contributed by atoms with Crippen molar-refractivity contribution in [3.63, 3.8) is 0 Å². The lowest BCUT2D eigenvalue weighted by atomic mass is 9.88. The number of hydrogen-bond acceptors (Lipinski definition) is 3. The molecule has 1 aromatic rings. The zero-order valence-electron chi connectivity index (χ0n) is 11.9. The van der Waals surface area contributed by atoms with Crippen molar-refractivity contribution in [3.8, 4) is 0 Å². The second kappa shape index (κ2) is 7.04. The van der Waals surface area contributed by atoms with E-state index in [1.165, 1.54) is 5.56 Å². The quantitative estimate of drug-likeness (QED) is 0.818. The van der Waals surface area contributed by atoms with Crippen LogP contribution in [0.2, 0.25) is 0 Å². The molecule has 0 aliphatic carbocycles. The first-order valence-corrected chi connectivity index (χ1v) is 7.40. The Kier molecular flexibility index (Phi) is 5.37. The lowest BCUT2D eigenvalue weighted by Gasteiger charge is -2.41. The number of benzene rings is 1. The minimum atomic E-state index is -0.0298. The summed E-state index contributed by atoms with van der Waals surface area (Å²) in [5, 5.41) is 13.1. The minimum Gasteiger partial charge on any atom is -0.394 e. The van der Waals surface area contributed by atoms with E-state index >= 15 is 0 Å². The first-order valence-electron chi connectivity index (χ1n) is 7.40. The van der Waals surface area contributed by atoms with Gasteiger partial charge in [0.25, 0.3) is 0 Å². The number of rotatable bonds is 6. The fourth-order valence-corrected chi connectivity index (χ4v) is 2.90. The van der Waals surface area contributed by atoms with E-state index in [0.29, 0.717) is 0 Å². The van der Waals surface area contributed by atoms with Gasteiger partial charge in [0.05, 0.1) is 6.61 Å². The van der Waals surface area contributed by atoms with Crippen molar-refractivity contribution >= 4 is 0 Å². The van der Waals surface area contributed by atoms with Gasteiger partial charge in [-0.05, 0) is 44.5 Å². The van der Waals surface area contributed by atoms with E-state index in [1.807, 2.05) is 0 Å². The third-order valence-corrected chi connectivity index (χ3v) is 4.23. The summed E-state index contributed by atoms with van der Waals surface area (Å²) in [4.78, 5) is 2.51. The van der Waals surface area contributed by atoms with Crippen molar-refractivity contribution in [3.05, 3.63) is 35.9 Å². The number of aliphatic hydroxyl groups excluding tert-OH is 1. The molecular weight excluding hydrogens is 236 g/mol. The smallest absolute Gasteiger partial charge is 0.0614 e. The molecule has 1 saturated heterocycles.